The van der Waals surface area contributed by atoms with Crippen LogP contribution in [0.2, 0.25) is 0 Å². The van der Waals surface area contributed by atoms with E-state index >= 15 is 0 Å². The van der Waals surface area contributed by atoms with Crippen molar-refractivity contribution in [2.75, 3.05) is 7.11 Å². The van der Waals surface area contributed by atoms with E-state index in [-0.39, 0.29) is 5.75 Å². The van der Waals surface area contributed by atoms with Gasteiger partial charge in [-0.1, -0.05) is 17.3 Å². The molecular weight excluding hydrogens is 268 g/mol. The van der Waals surface area contributed by atoms with Crippen molar-refractivity contribution in [3.05, 3.63) is 53.3 Å². The van der Waals surface area contributed by atoms with Crippen molar-refractivity contribution < 1.29 is 14.7 Å². The highest BCUT2D eigenvalue weighted by Gasteiger charge is 2.07. The van der Waals surface area contributed by atoms with Gasteiger partial charge >= 0.3 is 0 Å². The second-order valence-corrected chi connectivity index (χ2v) is 4.62. The van der Waals surface area contributed by atoms with Gasteiger partial charge in [0.1, 0.15) is 29.5 Å². The maximum absolute atomic E-state index is 9.77. The molecule has 0 aliphatic heterocycles. The van der Waals surface area contributed by atoms with Crippen molar-refractivity contribution >= 4 is 5.71 Å². The molecule has 21 heavy (non-hydrogen) atoms. The molecule has 0 unspecified atom stereocenters. The third-order valence-corrected chi connectivity index (χ3v) is 2.95. The Balaban J connectivity index is 2.01. The molecule has 0 spiro atoms. The predicted molar refractivity (Wildman–Crippen MR) is 80.6 cm³/mol. The van der Waals surface area contributed by atoms with E-state index in [4.69, 9.17) is 9.57 Å². The lowest BCUT2D eigenvalue weighted by Crippen LogP contribution is -2.02. The smallest absolute Gasteiger partial charge is 0.143 e. The molecule has 0 bridgehead atoms. The Labute approximate surface area is 123 Å². The van der Waals surface area contributed by atoms with Crippen LogP contribution in [0.15, 0.2) is 41.6 Å². The molecule has 0 amide bonds. The van der Waals surface area contributed by atoms with Crippen LogP contribution < -0.4 is 4.74 Å². The van der Waals surface area contributed by atoms with Crippen molar-refractivity contribution in [2.24, 2.45) is 5.16 Å². The summed E-state index contributed by atoms with van der Waals surface area (Å²) in [7, 11) is 1.63. The molecule has 2 aromatic rings. The third-order valence-electron chi connectivity index (χ3n) is 2.95. The Bertz CT molecular complexity index is 636. The number of aromatic nitrogens is 1. The highest BCUT2D eigenvalue weighted by atomic mass is 16.6. The largest absolute Gasteiger partial charge is 0.506 e. The average Bonchev–Trinajstić information content (AvgIpc) is 2.50. The zero-order valence-electron chi connectivity index (χ0n) is 12.3. The van der Waals surface area contributed by atoms with Crippen molar-refractivity contribution in [1.82, 2.24) is 4.98 Å². The Hall–Kier alpha value is -2.56. The van der Waals surface area contributed by atoms with Gasteiger partial charge in [-0.05, 0) is 43.7 Å². The van der Waals surface area contributed by atoms with E-state index in [1.807, 2.05) is 31.2 Å². The first-order chi connectivity index (χ1) is 10.1. The Kier molecular flexibility index (Phi) is 4.77. The molecular formula is C16H18N2O3. The summed E-state index contributed by atoms with van der Waals surface area (Å²) >= 11 is 0. The molecule has 0 aliphatic rings. The fourth-order valence-electron chi connectivity index (χ4n) is 1.78. The van der Waals surface area contributed by atoms with Crippen molar-refractivity contribution in [1.29, 1.82) is 0 Å². The van der Waals surface area contributed by atoms with E-state index in [1.165, 1.54) is 0 Å². The van der Waals surface area contributed by atoms with Crippen LogP contribution in [0, 0.1) is 6.92 Å². The fourth-order valence-corrected chi connectivity index (χ4v) is 1.78. The van der Waals surface area contributed by atoms with Crippen molar-refractivity contribution in [2.45, 2.75) is 20.5 Å². The van der Waals surface area contributed by atoms with Gasteiger partial charge in [0.15, 0.2) is 0 Å². The molecule has 0 atom stereocenters. The van der Waals surface area contributed by atoms with Gasteiger partial charge in [-0.3, -0.25) is 0 Å². The first-order valence-corrected chi connectivity index (χ1v) is 6.56. The maximum atomic E-state index is 9.77. The molecule has 0 aliphatic carbocycles. The van der Waals surface area contributed by atoms with Gasteiger partial charge < -0.3 is 14.7 Å². The van der Waals surface area contributed by atoms with Crippen LogP contribution in [0.5, 0.6) is 11.5 Å². The number of hydrogen-bond donors (Lipinski definition) is 1. The minimum absolute atomic E-state index is 0.0925. The van der Waals surface area contributed by atoms with Crippen LogP contribution in [0.4, 0.5) is 0 Å². The number of pyridine rings is 1. The lowest BCUT2D eigenvalue weighted by molar-refractivity contribution is 0.130. The van der Waals surface area contributed by atoms with Gasteiger partial charge in [0.05, 0.1) is 7.11 Å². The van der Waals surface area contributed by atoms with Crippen LogP contribution in [0.3, 0.4) is 0 Å². The number of aromatic hydroxyl groups is 1. The van der Waals surface area contributed by atoms with Gasteiger partial charge in [0, 0.05) is 5.69 Å². The van der Waals surface area contributed by atoms with E-state index in [0.29, 0.717) is 18.0 Å². The Morgan fingerprint density at radius 3 is 2.57 bits per heavy atom. The summed E-state index contributed by atoms with van der Waals surface area (Å²) in [6.07, 6.45) is 0. The maximum Gasteiger partial charge on any atom is 0.143 e. The normalized spacial score (nSPS) is 11.3. The zero-order valence-corrected chi connectivity index (χ0v) is 12.3. The summed E-state index contributed by atoms with van der Waals surface area (Å²) in [6, 6.07) is 10.9. The number of methoxy groups -OCH3 is 1. The zero-order chi connectivity index (χ0) is 15.2. The predicted octanol–water partition coefficient (Wildman–Crippen LogP) is 3.05. The molecule has 0 radical (unpaired) electrons. The summed E-state index contributed by atoms with van der Waals surface area (Å²) in [5, 5.41) is 13.8. The molecule has 5 nitrogen and oxygen atoms in total. The molecule has 1 aromatic heterocycles. The number of rotatable bonds is 5. The number of nitrogens with zero attached hydrogens (tertiary/aromatic N) is 2. The molecule has 0 saturated carbocycles. The van der Waals surface area contributed by atoms with Gasteiger partial charge in [-0.25, -0.2) is 4.98 Å². The molecule has 0 fully saturated rings. The minimum Gasteiger partial charge on any atom is -0.506 e. The first-order valence-electron chi connectivity index (χ1n) is 6.56. The van der Waals surface area contributed by atoms with Crippen LogP contribution in [0.1, 0.15) is 23.9 Å². The summed E-state index contributed by atoms with van der Waals surface area (Å²) in [6.45, 7) is 3.94. The monoisotopic (exact) mass is 286 g/mol. The molecule has 1 N–H and O–H groups in total. The summed E-state index contributed by atoms with van der Waals surface area (Å²) < 4.78 is 5.09. The first kappa shape index (κ1) is 14.8. The highest BCUT2D eigenvalue weighted by Crippen LogP contribution is 2.16. The summed E-state index contributed by atoms with van der Waals surface area (Å²) in [4.78, 5) is 9.54. The quantitative estimate of drug-likeness (QED) is 0.678. The van der Waals surface area contributed by atoms with Gasteiger partial charge in [0.2, 0.25) is 0 Å². The summed E-state index contributed by atoms with van der Waals surface area (Å²) in [5.74, 6) is 0.891. The number of oxime groups is 1. The molecule has 1 heterocycles. The number of hydrogen-bond acceptors (Lipinski definition) is 5. The average molecular weight is 286 g/mol. The second-order valence-electron chi connectivity index (χ2n) is 4.62. The number of aryl methyl sites for hydroxylation is 1. The van der Waals surface area contributed by atoms with Gasteiger partial charge in [0.25, 0.3) is 0 Å². The molecule has 110 valence electrons. The van der Waals surface area contributed by atoms with E-state index in [0.717, 1.165) is 17.0 Å². The van der Waals surface area contributed by atoms with E-state index in [9.17, 15) is 5.11 Å². The standard InChI is InChI=1S/C16H18N2O3/c1-11-4-9-15(19)16(17-11)12(2)18-21-10-13-5-7-14(20-3)8-6-13/h4-9,19H,10H2,1-3H3. The van der Waals surface area contributed by atoms with E-state index in [1.54, 1.807) is 26.2 Å². The minimum atomic E-state index is 0.0925. The number of ether oxygens (including phenoxy) is 1. The van der Waals surface area contributed by atoms with Crippen LogP contribution in [-0.2, 0) is 11.4 Å². The lowest BCUT2D eigenvalue weighted by atomic mass is 10.2. The van der Waals surface area contributed by atoms with Gasteiger partial charge in [-0.2, -0.15) is 0 Å². The van der Waals surface area contributed by atoms with E-state index in [2.05, 4.69) is 10.1 Å². The topological polar surface area (TPSA) is 63.9 Å². The van der Waals surface area contributed by atoms with Crippen molar-refractivity contribution in [3.63, 3.8) is 0 Å². The Morgan fingerprint density at radius 2 is 1.90 bits per heavy atom. The molecule has 2 rings (SSSR count). The van der Waals surface area contributed by atoms with Crippen molar-refractivity contribution in [3.8, 4) is 11.5 Å². The van der Waals surface area contributed by atoms with Gasteiger partial charge in [-0.15, -0.1) is 0 Å². The second kappa shape index (κ2) is 6.74. The molecule has 1 aromatic carbocycles. The molecule has 5 heteroatoms. The third kappa shape index (κ3) is 3.95. The fraction of sp³-hybridized carbons (Fsp3) is 0.250. The van der Waals surface area contributed by atoms with E-state index < -0.39 is 0 Å². The summed E-state index contributed by atoms with van der Waals surface area (Å²) in [5.41, 5.74) is 2.76. The number of benzene rings is 1. The van der Waals surface area contributed by atoms with Crippen LogP contribution >= 0.6 is 0 Å². The highest BCUT2D eigenvalue weighted by molar-refractivity contribution is 5.98. The SMILES string of the molecule is COc1ccc(CON=C(C)c2nc(C)ccc2O)cc1. The van der Waals surface area contributed by atoms with Crippen LogP contribution in [-0.4, -0.2) is 22.9 Å². The Morgan fingerprint density at radius 1 is 1.19 bits per heavy atom. The molecule has 0 saturated heterocycles. The van der Waals surface area contributed by atoms with Crippen LogP contribution in [0.25, 0.3) is 0 Å². The lowest BCUT2D eigenvalue weighted by Gasteiger charge is -2.05.